The van der Waals surface area contributed by atoms with Crippen LogP contribution in [0.2, 0.25) is 18.6 Å². The van der Waals surface area contributed by atoms with E-state index in [1.807, 2.05) is 0 Å². The molecule has 4 rings (SSSR count). The van der Waals surface area contributed by atoms with Crippen LogP contribution in [0.25, 0.3) is 0 Å². The molecule has 5 atom stereocenters. The van der Waals surface area contributed by atoms with Crippen molar-refractivity contribution in [2.75, 3.05) is 11.9 Å². The lowest BCUT2D eigenvalue weighted by Crippen LogP contribution is -2.57. The summed E-state index contributed by atoms with van der Waals surface area (Å²) < 4.78 is 0. The van der Waals surface area contributed by atoms with Crippen molar-refractivity contribution >= 4 is 13.9 Å². The van der Waals surface area contributed by atoms with Crippen LogP contribution >= 0.6 is 0 Å². The standard InChI is InChI=1S/C22H32N2Si/c1-14(2)23-25(5,6)22-18-13-15(3)11-12-16(18)20-17-9-7-8-10-19(17)24(4)21(20)22/h7-14,16,18,20-23H,1-6H3/t16?,18-,20?,21+,22?/m1/s1. The lowest BCUT2D eigenvalue weighted by atomic mass is 9.81. The van der Waals surface area contributed by atoms with E-state index in [2.05, 4.69) is 93.3 Å². The third-order valence-corrected chi connectivity index (χ3v) is 10.4. The monoisotopic (exact) mass is 352 g/mol. The first kappa shape index (κ1) is 17.1. The van der Waals surface area contributed by atoms with E-state index in [1.54, 1.807) is 5.56 Å². The topological polar surface area (TPSA) is 15.3 Å². The van der Waals surface area contributed by atoms with Gasteiger partial charge in [-0.1, -0.05) is 68.9 Å². The van der Waals surface area contributed by atoms with Crippen LogP contribution < -0.4 is 9.88 Å². The van der Waals surface area contributed by atoms with Crippen molar-refractivity contribution < 1.29 is 0 Å². The van der Waals surface area contributed by atoms with Crippen molar-refractivity contribution in [3.63, 3.8) is 0 Å². The Hall–Kier alpha value is -1.32. The van der Waals surface area contributed by atoms with Crippen LogP contribution in [0.1, 0.15) is 32.3 Å². The second-order valence-electron chi connectivity index (χ2n) is 9.16. The first-order valence-electron chi connectivity index (χ1n) is 9.77. The summed E-state index contributed by atoms with van der Waals surface area (Å²) in [5.74, 6) is 1.95. The van der Waals surface area contributed by atoms with Gasteiger partial charge < -0.3 is 9.88 Å². The molecule has 3 aliphatic rings. The smallest absolute Gasteiger partial charge is 0.125 e. The Morgan fingerprint density at radius 1 is 1.12 bits per heavy atom. The molecule has 0 radical (unpaired) electrons. The van der Waals surface area contributed by atoms with E-state index in [1.165, 1.54) is 11.3 Å². The summed E-state index contributed by atoms with van der Waals surface area (Å²) >= 11 is 0. The van der Waals surface area contributed by atoms with Crippen LogP contribution in [0.3, 0.4) is 0 Å². The zero-order chi connectivity index (χ0) is 17.9. The Bertz CT molecular complexity index is 733. The Kier molecular flexibility index (Phi) is 4.00. The van der Waals surface area contributed by atoms with Gasteiger partial charge >= 0.3 is 0 Å². The van der Waals surface area contributed by atoms with Gasteiger partial charge in [-0.3, -0.25) is 0 Å². The van der Waals surface area contributed by atoms with Crippen LogP contribution in [0.4, 0.5) is 5.69 Å². The highest BCUT2D eigenvalue weighted by Gasteiger charge is 2.59. The highest BCUT2D eigenvalue weighted by molar-refractivity contribution is 6.77. The van der Waals surface area contributed by atoms with Gasteiger partial charge in [0.25, 0.3) is 0 Å². The molecular formula is C22H32N2Si. The Balaban J connectivity index is 1.83. The molecule has 2 nitrogen and oxygen atoms in total. The van der Waals surface area contributed by atoms with Gasteiger partial charge in [0.1, 0.15) is 8.24 Å². The minimum absolute atomic E-state index is 0.553. The molecule has 1 aromatic carbocycles. The molecule has 1 heterocycles. The number of nitrogens with one attached hydrogen (secondary N) is 1. The summed E-state index contributed by atoms with van der Waals surface area (Å²) in [7, 11) is 0.719. The third-order valence-electron chi connectivity index (χ3n) is 6.66. The number of rotatable bonds is 3. The zero-order valence-corrected chi connectivity index (χ0v) is 17.5. The predicted molar refractivity (Wildman–Crippen MR) is 111 cm³/mol. The zero-order valence-electron chi connectivity index (χ0n) is 16.5. The molecule has 3 unspecified atom stereocenters. The highest BCUT2D eigenvalue weighted by Crippen LogP contribution is 2.62. The van der Waals surface area contributed by atoms with E-state index in [0.717, 1.165) is 5.54 Å². The highest BCUT2D eigenvalue weighted by atomic mass is 28.3. The average molecular weight is 353 g/mol. The first-order chi connectivity index (χ1) is 11.8. The second-order valence-corrected chi connectivity index (χ2v) is 13.6. The summed E-state index contributed by atoms with van der Waals surface area (Å²) in [6.45, 7) is 12.0. The van der Waals surface area contributed by atoms with Crippen molar-refractivity contribution in [3.05, 3.63) is 53.6 Å². The van der Waals surface area contributed by atoms with E-state index in [9.17, 15) is 0 Å². The number of likely N-dealkylation sites (N-methyl/N-ethyl adjacent to an activating group) is 1. The van der Waals surface area contributed by atoms with Gasteiger partial charge in [-0.15, -0.1) is 0 Å². The van der Waals surface area contributed by atoms with Crippen LogP contribution in [-0.4, -0.2) is 27.4 Å². The molecule has 1 fully saturated rings. The second kappa shape index (κ2) is 5.85. The largest absolute Gasteiger partial charge is 0.371 e. The molecule has 1 saturated carbocycles. The SMILES string of the molecule is CC1=C[C@@H]2C(C=C1)C1c3ccccc3N(C)[C@@H]1C2[Si](C)(C)NC(C)C. The number of benzene rings is 1. The van der Waals surface area contributed by atoms with Crippen molar-refractivity contribution in [1.29, 1.82) is 0 Å². The van der Waals surface area contributed by atoms with E-state index < -0.39 is 8.24 Å². The molecular weight excluding hydrogens is 320 g/mol. The van der Waals surface area contributed by atoms with Crippen molar-refractivity contribution in [3.8, 4) is 0 Å². The number of allylic oxidation sites excluding steroid dienone is 4. The molecule has 0 spiro atoms. The molecule has 1 aromatic rings. The summed E-state index contributed by atoms with van der Waals surface area (Å²) in [5.41, 5.74) is 5.19. The van der Waals surface area contributed by atoms with E-state index in [0.29, 0.717) is 29.8 Å². The fourth-order valence-electron chi connectivity index (χ4n) is 6.11. The fraction of sp³-hybridized carbons (Fsp3) is 0.545. The average Bonchev–Trinajstić information content (AvgIpc) is 3.00. The molecule has 3 heteroatoms. The molecule has 2 aliphatic carbocycles. The van der Waals surface area contributed by atoms with E-state index in [4.69, 9.17) is 0 Å². The molecule has 134 valence electrons. The quantitative estimate of drug-likeness (QED) is 0.776. The maximum Gasteiger partial charge on any atom is 0.125 e. The maximum absolute atomic E-state index is 4.03. The van der Waals surface area contributed by atoms with Crippen molar-refractivity contribution in [2.24, 2.45) is 11.8 Å². The number of hydrogen-bond acceptors (Lipinski definition) is 2. The minimum atomic E-state index is -1.61. The Morgan fingerprint density at radius 2 is 1.84 bits per heavy atom. The number of anilines is 1. The molecule has 25 heavy (non-hydrogen) atoms. The Labute approximate surface area is 154 Å². The van der Waals surface area contributed by atoms with Crippen LogP contribution in [-0.2, 0) is 0 Å². The molecule has 0 bridgehead atoms. The number of para-hydroxylation sites is 1. The van der Waals surface area contributed by atoms with Gasteiger partial charge in [-0.05, 0) is 42.0 Å². The lowest BCUT2D eigenvalue weighted by molar-refractivity contribution is 0.501. The van der Waals surface area contributed by atoms with Gasteiger partial charge in [0.15, 0.2) is 0 Å². The summed E-state index contributed by atoms with van der Waals surface area (Å²) in [6, 6.07) is 10.3. The Morgan fingerprint density at radius 3 is 2.56 bits per heavy atom. The van der Waals surface area contributed by atoms with E-state index >= 15 is 0 Å². The normalized spacial score (nSPS) is 33.3. The fourth-order valence-corrected chi connectivity index (χ4v) is 10.4. The summed E-state index contributed by atoms with van der Waals surface area (Å²) in [4.78, 5) is 6.64. The van der Waals surface area contributed by atoms with Crippen LogP contribution in [0, 0.1) is 11.8 Å². The van der Waals surface area contributed by atoms with Gasteiger partial charge in [0, 0.05) is 24.7 Å². The first-order valence-corrected chi connectivity index (χ1v) is 12.8. The summed E-state index contributed by atoms with van der Waals surface area (Å²) in [5, 5.41) is 0. The van der Waals surface area contributed by atoms with Crippen molar-refractivity contribution in [1.82, 2.24) is 4.98 Å². The summed E-state index contributed by atoms with van der Waals surface area (Å²) in [6.07, 6.45) is 7.46. The molecule has 0 amide bonds. The van der Waals surface area contributed by atoms with Crippen LogP contribution in [0.15, 0.2) is 48.1 Å². The molecule has 0 aromatic heterocycles. The minimum Gasteiger partial charge on any atom is -0.371 e. The predicted octanol–water partition coefficient (Wildman–Crippen LogP) is 4.92. The van der Waals surface area contributed by atoms with Gasteiger partial charge in [0.05, 0.1) is 0 Å². The van der Waals surface area contributed by atoms with E-state index in [-0.39, 0.29) is 0 Å². The van der Waals surface area contributed by atoms with Gasteiger partial charge in [-0.25, -0.2) is 0 Å². The van der Waals surface area contributed by atoms with Gasteiger partial charge in [0.2, 0.25) is 0 Å². The van der Waals surface area contributed by atoms with Crippen LogP contribution in [0.5, 0.6) is 0 Å². The number of fused-ring (bicyclic) bond motifs is 5. The van der Waals surface area contributed by atoms with Gasteiger partial charge in [-0.2, -0.15) is 0 Å². The van der Waals surface area contributed by atoms with Crippen molar-refractivity contribution in [2.45, 2.75) is 57.4 Å². The molecule has 1 aliphatic heterocycles. The number of nitrogens with zero attached hydrogens (tertiary/aromatic N) is 1. The molecule has 0 saturated heterocycles. The third kappa shape index (κ3) is 2.55. The lowest BCUT2D eigenvalue weighted by Gasteiger charge is -2.42. The molecule has 1 N–H and O–H groups in total. The maximum atomic E-state index is 4.03. The number of hydrogen-bond donors (Lipinski definition) is 1.